The molecule has 0 aliphatic rings. The number of hydrogen-bond acceptors (Lipinski definition) is 5. The molecule has 1 heterocycles. The summed E-state index contributed by atoms with van der Waals surface area (Å²) in [5.41, 5.74) is 0. The summed E-state index contributed by atoms with van der Waals surface area (Å²) < 4.78 is 37.7. The highest BCUT2D eigenvalue weighted by Crippen LogP contribution is 2.19. The third kappa shape index (κ3) is 6.17. The van der Waals surface area contributed by atoms with Crippen molar-refractivity contribution in [3.8, 4) is 0 Å². The Morgan fingerprint density at radius 3 is 2.71 bits per heavy atom. The summed E-state index contributed by atoms with van der Waals surface area (Å²) in [4.78, 5) is 0.198. The molecule has 122 valence electrons. The fraction of sp³-hybridized carbons (Fsp3) is 0.714. The molecule has 0 saturated carbocycles. The zero-order valence-electron chi connectivity index (χ0n) is 13.1. The SMILES string of the molecule is CCCCOCCNS(=O)(=O)c1cc(CNCC)oc1C. The van der Waals surface area contributed by atoms with Crippen molar-refractivity contribution in [3.63, 3.8) is 0 Å². The monoisotopic (exact) mass is 318 g/mol. The van der Waals surface area contributed by atoms with E-state index in [1.165, 1.54) is 0 Å². The van der Waals surface area contributed by atoms with Crippen LogP contribution in [0.4, 0.5) is 0 Å². The largest absolute Gasteiger partial charge is 0.464 e. The molecule has 0 amide bonds. The predicted molar refractivity (Wildman–Crippen MR) is 81.7 cm³/mol. The van der Waals surface area contributed by atoms with E-state index in [-0.39, 0.29) is 11.4 Å². The first-order chi connectivity index (χ1) is 10.0. The van der Waals surface area contributed by atoms with E-state index in [0.29, 0.717) is 31.3 Å². The number of ether oxygens (including phenoxy) is 1. The lowest BCUT2D eigenvalue weighted by molar-refractivity contribution is 0.136. The number of nitrogens with one attached hydrogen (secondary N) is 2. The zero-order valence-corrected chi connectivity index (χ0v) is 13.9. The minimum atomic E-state index is -3.54. The van der Waals surface area contributed by atoms with E-state index in [0.717, 1.165) is 19.4 Å². The molecule has 0 aliphatic carbocycles. The molecule has 21 heavy (non-hydrogen) atoms. The minimum Gasteiger partial charge on any atom is -0.464 e. The quantitative estimate of drug-likeness (QED) is 0.608. The first kappa shape index (κ1) is 18.2. The molecule has 1 rings (SSSR count). The molecule has 0 aromatic carbocycles. The van der Waals surface area contributed by atoms with Crippen LogP contribution in [0.5, 0.6) is 0 Å². The fourth-order valence-electron chi connectivity index (χ4n) is 1.80. The molecule has 0 bridgehead atoms. The Labute approximate surface area is 127 Å². The van der Waals surface area contributed by atoms with Crippen LogP contribution in [0.15, 0.2) is 15.4 Å². The van der Waals surface area contributed by atoms with Crippen LogP contribution in [0.25, 0.3) is 0 Å². The van der Waals surface area contributed by atoms with E-state index >= 15 is 0 Å². The maximum Gasteiger partial charge on any atom is 0.244 e. The molecule has 0 spiro atoms. The second-order valence-electron chi connectivity index (χ2n) is 4.78. The van der Waals surface area contributed by atoms with E-state index in [1.54, 1.807) is 13.0 Å². The molecule has 0 fully saturated rings. The first-order valence-corrected chi connectivity index (χ1v) is 8.87. The molecule has 1 aromatic heterocycles. The van der Waals surface area contributed by atoms with Crippen molar-refractivity contribution < 1.29 is 17.6 Å². The van der Waals surface area contributed by atoms with Gasteiger partial charge in [-0.05, 0) is 19.9 Å². The third-order valence-corrected chi connectivity index (χ3v) is 4.51. The Morgan fingerprint density at radius 2 is 2.05 bits per heavy atom. The average molecular weight is 318 g/mol. The standard InChI is InChI=1S/C14H26N2O4S/c1-4-6-8-19-9-7-16-21(17,18)14-10-13(11-15-5-2)20-12(14)3/h10,15-16H,4-9,11H2,1-3H3. The van der Waals surface area contributed by atoms with Gasteiger partial charge in [0.1, 0.15) is 16.4 Å². The van der Waals surface area contributed by atoms with Gasteiger partial charge in [-0.25, -0.2) is 13.1 Å². The van der Waals surface area contributed by atoms with Gasteiger partial charge in [0.15, 0.2) is 0 Å². The third-order valence-electron chi connectivity index (χ3n) is 2.94. The predicted octanol–water partition coefficient (Wildman–Crippen LogP) is 1.79. The molecule has 0 saturated heterocycles. The minimum absolute atomic E-state index is 0.198. The second-order valence-corrected chi connectivity index (χ2v) is 6.51. The fourth-order valence-corrected chi connectivity index (χ4v) is 3.02. The summed E-state index contributed by atoms with van der Waals surface area (Å²) in [5.74, 6) is 1.02. The van der Waals surface area contributed by atoms with Crippen molar-refractivity contribution in [2.45, 2.75) is 45.1 Å². The van der Waals surface area contributed by atoms with Gasteiger partial charge in [0, 0.05) is 19.2 Å². The Balaban J connectivity index is 2.51. The average Bonchev–Trinajstić information content (AvgIpc) is 2.82. The summed E-state index contributed by atoms with van der Waals surface area (Å²) in [7, 11) is -3.54. The van der Waals surface area contributed by atoms with Crippen molar-refractivity contribution in [2.24, 2.45) is 0 Å². The molecular formula is C14H26N2O4S. The van der Waals surface area contributed by atoms with Gasteiger partial charge in [-0.1, -0.05) is 20.3 Å². The van der Waals surface area contributed by atoms with Crippen LogP contribution in [-0.4, -0.2) is 34.7 Å². The smallest absolute Gasteiger partial charge is 0.244 e. The van der Waals surface area contributed by atoms with Crippen LogP contribution in [0.3, 0.4) is 0 Å². The second kappa shape index (κ2) is 9.19. The lowest BCUT2D eigenvalue weighted by Crippen LogP contribution is -2.27. The lowest BCUT2D eigenvalue weighted by Gasteiger charge is -2.06. The summed E-state index contributed by atoms with van der Waals surface area (Å²) in [5, 5.41) is 3.10. The Kier molecular flexibility index (Phi) is 7.95. The normalized spacial score (nSPS) is 12.0. The van der Waals surface area contributed by atoms with Gasteiger partial charge in [0.05, 0.1) is 13.2 Å². The van der Waals surface area contributed by atoms with Gasteiger partial charge in [-0.2, -0.15) is 0 Å². The molecular weight excluding hydrogens is 292 g/mol. The molecule has 0 unspecified atom stereocenters. The van der Waals surface area contributed by atoms with Crippen LogP contribution in [-0.2, 0) is 21.3 Å². The highest BCUT2D eigenvalue weighted by Gasteiger charge is 2.20. The van der Waals surface area contributed by atoms with Gasteiger partial charge in [-0.3, -0.25) is 0 Å². The van der Waals surface area contributed by atoms with Gasteiger partial charge in [0.25, 0.3) is 0 Å². The molecule has 0 atom stereocenters. The highest BCUT2D eigenvalue weighted by atomic mass is 32.2. The van der Waals surface area contributed by atoms with Crippen molar-refractivity contribution in [3.05, 3.63) is 17.6 Å². The number of hydrogen-bond donors (Lipinski definition) is 2. The molecule has 1 aromatic rings. The highest BCUT2D eigenvalue weighted by molar-refractivity contribution is 7.89. The van der Waals surface area contributed by atoms with Crippen LogP contribution in [0.2, 0.25) is 0 Å². The van der Waals surface area contributed by atoms with Gasteiger partial charge in [-0.15, -0.1) is 0 Å². The number of unbranched alkanes of at least 4 members (excludes halogenated alkanes) is 1. The van der Waals surface area contributed by atoms with Crippen molar-refractivity contribution >= 4 is 10.0 Å². The van der Waals surface area contributed by atoms with E-state index in [9.17, 15) is 8.42 Å². The van der Waals surface area contributed by atoms with E-state index in [1.807, 2.05) is 6.92 Å². The Morgan fingerprint density at radius 1 is 1.29 bits per heavy atom. The van der Waals surface area contributed by atoms with Crippen molar-refractivity contribution in [2.75, 3.05) is 26.3 Å². The number of sulfonamides is 1. The topological polar surface area (TPSA) is 80.6 Å². The summed E-state index contributed by atoms with van der Waals surface area (Å²) >= 11 is 0. The van der Waals surface area contributed by atoms with Crippen LogP contribution in [0, 0.1) is 6.92 Å². The van der Waals surface area contributed by atoms with Gasteiger partial charge in [0.2, 0.25) is 10.0 Å². The maximum absolute atomic E-state index is 12.2. The first-order valence-electron chi connectivity index (χ1n) is 7.38. The van der Waals surface area contributed by atoms with Crippen LogP contribution in [0.1, 0.15) is 38.2 Å². The number of furan rings is 1. The van der Waals surface area contributed by atoms with Crippen LogP contribution < -0.4 is 10.0 Å². The Bertz CT molecular complexity index is 511. The van der Waals surface area contributed by atoms with Gasteiger partial charge >= 0.3 is 0 Å². The summed E-state index contributed by atoms with van der Waals surface area (Å²) in [6.45, 7) is 8.34. The number of aryl methyl sites for hydroxylation is 1. The summed E-state index contributed by atoms with van der Waals surface area (Å²) in [6, 6.07) is 1.57. The van der Waals surface area contributed by atoms with Gasteiger partial charge < -0.3 is 14.5 Å². The molecule has 7 heteroatoms. The van der Waals surface area contributed by atoms with Crippen LogP contribution >= 0.6 is 0 Å². The molecule has 2 N–H and O–H groups in total. The summed E-state index contributed by atoms with van der Waals surface area (Å²) in [6.07, 6.45) is 2.05. The van der Waals surface area contributed by atoms with Crippen molar-refractivity contribution in [1.82, 2.24) is 10.0 Å². The van der Waals surface area contributed by atoms with Crippen molar-refractivity contribution in [1.29, 1.82) is 0 Å². The lowest BCUT2D eigenvalue weighted by atomic mass is 10.4. The zero-order chi connectivity index (χ0) is 15.7. The van der Waals surface area contributed by atoms with E-state index in [2.05, 4.69) is 17.0 Å². The van der Waals surface area contributed by atoms with E-state index in [4.69, 9.17) is 9.15 Å². The molecule has 0 aliphatic heterocycles. The van der Waals surface area contributed by atoms with E-state index < -0.39 is 10.0 Å². The molecule has 6 nitrogen and oxygen atoms in total. The Hall–Kier alpha value is -0.890. The maximum atomic E-state index is 12.2. The molecule has 0 radical (unpaired) electrons. The number of rotatable bonds is 11.